The number of nitrogens with two attached hydrogens (primary N) is 1. The molecule has 1 aromatic rings. The Bertz CT molecular complexity index is 283. The van der Waals surface area contributed by atoms with Crippen molar-refractivity contribution in [3.63, 3.8) is 0 Å². The molecule has 0 bridgehead atoms. The molecule has 10 heavy (non-hydrogen) atoms. The Balaban J connectivity index is 2.76. The summed E-state index contributed by atoms with van der Waals surface area (Å²) in [6.07, 6.45) is 0. The zero-order valence-corrected chi connectivity index (χ0v) is 6.35. The highest BCUT2D eigenvalue weighted by molar-refractivity contribution is 7.74. The lowest BCUT2D eigenvalue weighted by atomic mass is 11.3. The van der Waals surface area contributed by atoms with Crippen LogP contribution in [-0.2, 0) is 10.9 Å². The molecule has 8 heteroatoms. The first-order valence-corrected chi connectivity index (χ1v) is 4.18. The number of aromatic nitrogens is 2. The monoisotopic (exact) mass is 180 g/mol. The lowest BCUT2D eigenvalue weighted by molar-refractivity contribution is 0.619. The van der Waals surface area contributed by atoms with E-state index < -0.39 is 10.9 Å². The Hall–Kier alpha value is -0.890. The van der Waals surface area contributed by atoms with Gasteiger partial charge < -0.3 is 5.73 Å². The van der Waals surface area contributed by atoms with E-state index in [1.807, 2.05) is 4.72 Å². The van der Waals surface area contributed by atoms with Gasteiger partial charge in [0.15, 0.2) is 0 Å². The van der Waals surface area contributed by atoms with Crippen LogP contribution in [0.5, 0.6) is 0 Å². The molecule has 6 nitrogen and oxygen atoms in total. The van der Waals surface area contributed by atoms with Gasteiger partial charge in [0.05, 0.1) is 0 Å². The molecule has 0 radical (unpaired) electrons. The highest BCUT2D eigenvalue weighted by Crippen LogP contribution is 2.15. The van der Waals surface area contributed by atoms with E-state index in [4.69, 9.17) is 5.73 Å². The fraction of sp³-hybridized carbons (Fsp3) is 0. The predicted molar refractivity (Wildman–Crippen MR) is 38.3 cm³/mol. The lowest BCUT2D eigenvalue weighted by Gasteiger charge is -1.83. The van der Waals surface area contributed by atoms with Crippen LogP contribution in [0.3, 0.4) is 0 Å². The average Bonchev–Trinajstić information content (AvgIpc) is 2.13. The Morgan fingerprint density at radius 1 is 1.50 bits per heavy atom. The number of thiol groups is 1. The summed E-state index contributed by atoms with van der Waals surface area (Å²) in [6, 6.07) is 0. The highest BCUT2D eigenvalue weighted by Gasteiger charge is 1.98. The normalized spacial score (nSPS) is 10.1. The maximum absolute atomic E-state index is 10.0. The summed E-state index contributed by atoms with van der Waals surface area (Å²) in [4.78, 5) is 0. The van der Waals surface area contributed by atoms with Gasteiger partial charge in [-0.05, 0) is 0 Å². The van der Waals surface area contributed by atoms with Gasteiger partial charge in [-0.25, -0.2) is 8.42 Å². The molecular formula is C2H4N4O2S2. The van der Waals surface area contributed by atoms with Crippen molar-refractivity contribution >= 4 is 32.5 Å². The van der Waals surface area contributed by atoms with Crippen LogP contribution in [0, 0.1) is 0 Å². The van der Waals surface area contributed by atoms with Crippen LogP contribution in [0.2, 0.25) is 0 Å². The Morgan fingerprint density at radius 3 is 2.60 bits per heavy atom. The molecule has 0 spiro atoms. The van der Waals surface area contributed by atoms with Gasteiger partial charge in [0.1, 0.15) is 0 Å². The molecule has 0 fully saturated rings. The Labute approximate surface area is 62.2 Å². The molecule has 1 rings (SSSR count). The SMILES string of the molecule is Nc1nnc(N[SH](=O)=O)s1. The summed E-state index contributed by atoms with van der Waals surface area (Å²) in [5.41, 5.74) is 5.16. The molecule has 0 aromatic carbocycles. The van der Waals surface area contributed by atoms with Crippen LogP contribution in [-0.4, -0.2) is 18.6 Å². The quantitative estimate of drug-likeness (QED) is 0.510. The highest BCUT2D eigenvalue weighted by atomic mass is 32.2. The summed E-state index contributed by atoms with van der Waals surface area (Å²) in [7, 11) is -2.66. The van der Waals surface area contributed by atoms with Gasteiger partial charge >= 0.3 is 0 Å². The van der Waals surface area contributed by atoms with Crippen LogP contribution in [0.1, 0.15) is 0 Å². The van der Waals surface area contributed by atoms with Gasteiger partial charge in [-0.3, -0.25) is 4.72 Å². The Kier molecular flexibility index (Phi) is 2.02. The number of hydrogen-bond acceptors (Lipinski definition) is 6. The minimum absolute atomic E-state index is 0.189. The molecular weight excluding hydrogens is 176 g/mol. The average molecular weight is 180 g/mol. The number of nitrogens with one attached hydrogen (secondary N) is 1. The van der Waals surface area contributed by atoms with Crippen LogP contribution in [0.4, 0.5) is 10.3 Å². The number of hydrogen-bond donors (Lipinski definition) is 3. The van der Waals surface area contributed by atoms with E-state index in [2.05, 4.69) is 10.2 Å². The predicted octanol–water partition coefficient (Wildman–Crippen LogP) is -0.941. The maximum Gasteiger partial charge on any atom is 0.224 e. The minimum Gasteiger partial charge on any atom is -0.374 e. The topological polar surface area (TPSA) is 98.0 Å². The number of anilines is 2. The van der Waals surface area contributed by atoms with Crippen LogP contribution in [0.25, 0.3) is 0 Å². The van der Waals surface area contributed by atoms with Crippen molar-refractivity contribution in [2.45, 2.75) is 0 Å². The number of rotatable bonds is 2. The van der Waals surface area contributed by atoms with Gasteiger partial charge in [0.25, 0.3) is 0 Å². The van der Waals surface area contributed by atoms with Gasteiger partial charge in [0, 0.05) is 0 Å². The standard InChI is InChI=1S/C2H4N4O2S2/c3-1-4-5-2(9-1)6-10(7)8/h10H,(H2,3,4)(H,5,6,7,8). The second-order valence-electron chi connectivity index (χ2n) is 1.31. The first-order valence-electron chi connectivity index (χ1n) is 2.18. The summed E-state index contributed by atoms with van der Waals surface area (Å²) in [6.45, 7) is 0. The van der Waals surface area contributed by atoms with Crippen molar-refractivity contribution < 1.29 is 8.42 Å². The summed E-state index contributed by atoms with van der Waals surface area (Å²) >= 11 is 0.977. The van der Waals surface area contributed by atoms with Crippen LogP contribution >= 0.6 is 11.3 Å². The van der Waals surface area contributed by atoms with Crippen molar-refractivity contribution in [1.82, 2.24) is 10.2 Å². The van der Waals surface area contributed by atoms with Gasteiger partial charge in [-0.2, -0.15) is 0 Å². The van der Waals surface area contributed by atoms with Gasteiger partial charge in [0.2, 0.25) is 21.2 Å². The van der Waals surface area contributed by atoms with Crippen molar-refractivity contribution in [2.24, 2.45) is 0 Å². The molecule has 0 unspecified atom stereocenters. The summed E-state index contributed by atoms with van der Waals surface area (Å²) in [5, 5.41) is 7.21. The molecule has 3 N–H and O–H groups in total. The van der Waals surface area contributed by atoms with Crippen LogP contribution < -0.4 is 10.5 Å². The van der Waals surface area contributed by atoms with Crippen molar-refractivity contribution in [2.75, 3.05) is 10.5 Å². The number of nitrogen functional groups attached to an aromatic ring is 1. The Morgan fingerprint density at radius 2 is 2.20 bits per heavy atom. The second-order valence-corrected chi connectivity index (χ2v) is 3.06. The molecule has 0 aliphatic carbocycles. The molecule has 1 aromatic heterocycles. The first-order chi connectivity index (χ1) is 4.68. The molecule has 56 valence electrons. The molecule has 0 aliphatic rings. The first kappa shape index (κ1) is 7.22. The molecule has 0 amide bonds. The van der Waals surface area contributed by atoms with E-state index in [1.165, 1.54) is 0 Å². The number of nitrogens with zero attached hydrogens (tertiary/aromatic N) is 2. The van der Waals surface area contributed by atoms with E-state index in [-0.39, 0.29) is 10.3 Å². The van der Waals surface area contributed by atoms with Crippen molar-refractivity contribution in [3.8, 4) is 0 Å². The van der Waals surface area contributed by atoms with E-state index in [9.17, 15) is 8.42 Å². The summed E-state index contributed by atoms with van der Waals surface area (Å²) < 4.78 is 22.0. The van der Waals surface area contributed by atoms with Crippen molar-refractivity contribution in [3.05, 3.63) is 0 Å². The third-order valence-electron chi connectivity index (χ3n) is 0.628. The second kappa shape index (κ2) is 2.80. The van der Waals surface area contributed by atoms with E-state index in [0.717, 1.165) is 11.3 Å². The third kappa shape index (κ3) is 1.81. The largest absolute Gasteiger partial charge is 0.374 e. The zero-order chi connectivity index (χ0) is 7.56. The zero-order valence-electron chi connectivity index (χ0n) is 4.64. The van der Waals surface area contributed by atoms with E-state index in [1.54, 1.807) is 0 Å². The molecule has 0 aliphatic heterocycles. The molecule has 0 atom stereocenters. The van der Waals surface area contributed by atoms with Gasteiger partial charge in [-0.15, -0.1) is 10.2 Å². The van der Waals surface area contributed by atoms with E-state index >= 15 is 0 Å². The van der Waals surface area contributed by atoms with Crippen LogP contribution in [0.15, 0.2) is 0 Å². The van der Waals surface area contributed by atoms with Crippen molar-refractivity contribution in [1.29, 1.82) is 0 Å². The third-order valence-corrected chi connectivity index (χ3v) is 1.84. The fourth-order valence-electron chi connectivity index (χ4n) is 0.358. The molecule has 0 saturated carbocycles. The van der Waals surface area contributed by atoms with Gasteiger partial charge in [-0.1, -0.05) is 11.3 Å². The molecule has 1 heterocycles. The summed E-state index contributed by atoms with van der Waals surface area (Å²) in [5.74, 6) is 0. The maximum atomic E-state index is 10.0. The fourth-order valence-corrected chi connectivity index (χ4v) is 1.33. The molecule has 0 saturated heterocycles. The van der Waals surface area contributed by atoms with E-state index in [0.29, 0.717) is 0 Å². The minimum atomic E-state index is -2.66. The smallest absolute Gasteiger partial charge is 0.224 e. The lowest BCUT2D eigenvalue weighted by Crippen LogP contribution is -1.93.